The monoisotopic (exact) mass is 395 g/mol. The van der Waals surface area contributed by atoms with Crippen LogP contribution in [0.25, 0.3) is 0 Å². The third-order valence-electron chi connectivity index (χ3n) is 4.86. The number of thiophene rings is 1. The molecule has 1 atom stereocenters. The van der Waals surface area contributed by atoms with Gasteiger partial charge in [0, 0.05) is 22.8 Å². The van der Waals surface area contributed by atoms with Gasteiger partial charge in [-0.25, -0.2) is 4.79 Å². The van der Waals surface area contributed by atoms with Gasteiger partial charge >= 0.3 is 6.03 Å². The maximum atomic E-state index is 12.9. The summed E-state index contributed by atoms with van der Waals surface area (Å²) in [6.07, 6.45) is 3.21. The molecule has 3 aromatic rings. The SMILES string of the molecule is CCC1c2ccsc2CCN1C(=O)Nc1cccc(NC(=O)c2ccco2)c1. The topological polar surface area (TPSA) is 74.6 Å². The van der Waals surface area contributed by atoms with Gasteiger partial charge in [-0.2, -0.15) is 0 Å². The molecule has 0 fully saturated rings. The lowest BCUT2D eigenvalue weighted by Gasteiger charge is -2.35. The first-order chi connectivity index (χ1) is 13.7. The van der Waals surface area contributed by atoms with Crippen LogP contribution in [-0.4, -0.2) is 23.4 Å². The summed E-state index contributed by atoms with van der Waals surface area (Å²) < 4.78 is 5.10. The van der Waals surface area contributed by atoms with Crippen LogP contribution in [0.4, 0.5) is 16.2 Å². The number of rotatable bonds is 4. The molecule has 6 nitrogen and oxygen atoms in total. The first kappa shape index (κ1) is 18.3. The molecule has 1 aliphatic rings. The van der Waals surface area contributed by atoms with Crippen LogP contribution in [0.2, 0.25) is 0 Å². The van der Waals surface area contributed by atoms with E-state index in [9.17, 15) is 9.59 Å². The Bertz CT molecular complexity index is 980. The van der Waals surface area contributed by atoms with Crippen LogP contribution < -0.4 is 10.6 Å². The van der Waals surface area contributed by atoms with Crippen molar-refractivity contribution in [2.75, 3.05) is 17.2 Å². The highest BCUT2D eigenvalue weighted by atomic mass is 32.1. The standard InChI is InChI=1S/C21H21N3O3S/c1-2-17-16-9-12-28-19(16)8-10-24(17)21(26)23-15-6-3-5-14(13-15)22-20(25)18-7-4-11-27-18/h3-7,9,11-13,17H,2,8,10H2,1H3,(H,22,25)(H,23,26). The highest BCUT2D eigenvalue weighted by Crippen LogP contribution is 2.35. The molecule has 1 aromatic carbocycles. The van der Waals surface area contributed by atoms with E-state index in [0.29, 0.717) is 17.9 Å². The van der Waals surface area contributed by atoms with E-state index in [1.54, 1.807) is 47.7 Å². The maximum Gasteiger partial charge on any atom is 0.322 e. The Balaban J connectivity index is 1.45. The van der Waals surface area contributed by atoms with Gasteiger partial charge in [-0.05, 0) is 60.2 Å². The first-order valence-corrected chi connectivity index (χ1v) is 10.1. The van der Waals surface area contributed by atoms with Crippen molar-refractivity contribution in [3.05, 3.63) is 70.3 Å². The van der Waals surface area contributed by atoms with Gasteiger partial charge in [0.2, 0.25) is 0 Å². The quantitative estimate of drug-likeness (QED) is 0.643. The third kappa shape index (κ3) is 3.66. The summed E-state index contributed by atoms with van der Waals surface area (Å²) in [7, 11) is 0. The number of hydrogen-bond donors (Lipinski definition) is 2. The van der Waals surface area contributed by atoms with E-state index in [4.69, 9.17) is 4.42 Å². The summed E-state index contributed by atoms with van der Waals surface area (Å²) in [4.78, 5) is 28.3. The molecule has 0 spiro atoms. The molecule has 3 amide bonds. The number of carbonyl (C=O) groups excluding carboxylic acids is 2. The Morgan fingerprint density at radius 3 is 2.75 bits per heavy atom. The fourth-order valence-electron chi connectivity index (χ4n) is 3.55. The molecule has 3 heterocycles. The zero-order valence-electron chi connectivity index (χ0n) is 15.5. The molecule has 28 heavy (non-hydrogen) atoms. The van der Waals surface area contributed by atoms with Gasteiger partial charge in [-0.1, -0.05) is 13.0 Å². The number of nitrogens with zero attached hydrogens (tertiary/aromatic N) is 1. The Morgan fingerprint density at radius 2 is 2.00 bits per heavy atom. The van der Waals surface area contributed by atoms with Crippen molar-refractivity contribution < 1.29 is 14.0 Å². The smallest absolute Gasteiger partial charge is 0.322 e. The lowest BCUT2D eigenvalue weighted by Crippen LogP contribution is -2.41. The Kier molecular flexibility index (Phi) is 5.16. The fraction of sp³-hybridized carbons (Fsp3) is 0.238. The summed E-state index contributed by atoms with van der Waals surface area (Å²) in [6, 6.07) is 12.4. The molecule has 2 aromatic heterocycles. The van der Waals surface area contributed by atoms with Crippen molar-refractivity contribution in [1.29, 1.82) is 0 Å². The maximum absolute atomic E-state index is 12.9. The van der Waals surface area contributed by atoms with E-state index in [1.165, 1.54) is 16.7 Å². The Hall–Kier alpha value is -3.06. The van der Waals surface area contributed by atoms with E-state index in [0.717, 1.165) is 12.8 Å². The zero-order valence-corrected chi connectivity index (χ0v) is 16.3. The molecular formula is C21H21N3O3S. The van der Waals surface area contributed by atoms with Gasteiger partial charge in [0.15, 0.2) is 5.76 Å². The molecule has 7 heteroatoms. The number of nitrogens with one attached hydrogen (secondary N) is 2. The summed E-state index contributed by atoms with van der Waals surface area (Å²) >= 11 is 1.76. The van der Waals surface area contributed by atoms with Crippen LogP contribution in [0, 0.1) is 0 Å². The highest BCUT2D eigenvalue weighted by molar-refractivity contribution is 7.10. The molecule has 1 aliphatic heterocycles. The minimum absolute atomic E-state index is 0.0943. The molecular weight excluding hydrogens is 374 g/mol. The predicted molar refractivity (Wildman–Crippen MR) is 110 cm³/mol. The van der Waals surface area contributed by atoms with Gasteiger partial charge in [-0.15, -0.1) is 11.3 Å². The molecule has 2 N–H and O–H groups in total. The second kappa shape index (κ2) is 7.90. The summed E-state index contributed by atoms with van der Waals surface area (Å²) in [6.45, 7) is 2.80. The molecule has 0 bridgehead atoms. The lowest BCUT2D eigenvalue weighted by molar-refractivity contribution is 0.0996. The van der Waals surface area contributed by atoms with E-state index < -0.39 is 0 Å². The van der Waals surface area contributed by atoms with E-state index in [1.807, 2.05) is 4.90 Å². The lowest BCUT2D eigenvalue weighted by atomic mass is 9.98. The minimum Gasteiger partial charge on any atom is -0.459 e. The van der Waals surface area contributed by atoms with Crippen molar-refractivity contribution in [3.8, 4) is 0 Å². The number of furan rings is 1. The molecule has 0 aliphatic carbocycles. The van der Waals surface area contributed by atoms with E-state index in [-0.39, 0.29) is 23.7 Å². The summed E-state index contributed by atoms with van der Waals surface area (Å²) in [5.74, 6) is -0.0966. The normalized spacial score (nSPS) is 15.8. The number of carbonyl (C=O) groups is 2. The average molecular weight is 395 g/mol. The minimum atomic E-state index is -0.333. The van der Waals surface area contributed by atoms with Gasteiger partial charge in [0.05, 0.1) is 12.3 Å². The number of fused-ring (bicyclic) bond motifs is 1. The fourth-order valence-corrected chi connectivity index (χ4v) is 4.48. The second-order valence-electron chi connectivity index (χ2n) is 6.61. The number of amides is 3. The van der Waals surface area contributed by atoms with Gasteiger partial charge in [-0.3, -0.25) is 4.79 Å². The van der Waals surface area contributed by atoms with Crippen molar-refractivity contribution in [1.82, 2.24) is 4.90 Å². The number of benzene rings is 1. The molecule has 0 saturated carbocycles. The van der Waals surface area contributed by atoms with Gasteiger partial charge in [0.1, 0.15) is 0 Å². The number of anilines is 2. The average Bonchev–Trinajstić information content (AvgIpc) is 3.39. The molecule has 1 unspecified atom stereocenters. The van der Waals surface area contributed by atoms with Crippen LogP contribution >= 0.6 is 11.3 Å². The van der Waals surface area contributed by atoms with Crippen molar-refractivity contribution >= 4 is 34.6 Å². The number of hydrogen-bond acceptors (Lipinski definition) is 4. The molecule has 0 saturated heterocycles. The van der Waals surface area contributed by atoms with E-state index in [2.05, 4.69) is 29.0 Å². The number of urea groups is 1. The van der Waals surface area contributed by atoms with Crippen molar-refractivity contribution in [2.45, 2.75) is 25.8 Å². The van der Waals surface area contributed by atoms with E-state index >= 15 is 0 Å². The largest absolute Gasteiger partial charge is 0.459 e. The van der Waals surface area contributed by atoms with Crippen molar-refractivity contribution in [3.63, 3.8) is 0 Å². The van der Waals surface area contributed by atoms with Crippen LogP contribution in [-0.2, 0) is 6.42 Å². The van der Waals surface area contributed by atoms with Gasteiger partial charge < -0.3 is 20.0 Å². The van der Waals surface area contributed by atoms with Gasteiger partial charge in [0.25, 0.3) is 5.91 Å². The molecule has 4 rings (SSSR count). The summed E-state index contributed by atoms with van der Waals surface area (Å²) in [5.41, 5.74) is 2.48. The molecule has 144 valence electrons. The first-order valence-electron chi connectivity index (χ1n) is 9.24. The van der Waals surface area contributed by atoms with Crippen molar-refractivity contribution in [2.24, 2.45) is 0 Å². The molecule has 0 radical (unpaired) electrons. The third-order valence-corrected chi connectivity index (χ3v) is 5.86. The second-order valence-corrected chi connectivity index (χ2v) is 7.61. The predicted octanol–water partition coefficient (Wildman–Crippen LogP) is 5.13. The summed E-state index contributed by atoms with van der Waals surface area (Å²) in [5, 5.41) is 7.83. The Labute approximate surface area is 167 Å². The van der Waals surface area contributed by atoms with Crippen LogP contribution in [0.3, 0.4) is 0 Å². The Morgan fingerprint density at radius 1 is 1.18 bits per heavy atom. The van der Waals surface area contributed by atoms with Crippen LogP contribution in [0.15, 0.2) is 58.5 Å². The highest BCUT2D eigenvalue weighted by Gasteiger charge is 2.30. The van der Waals surface area contributed by atoms with Crippen LogP contribution in [0.5, 0.6) is 0 Å². The zero-order chi connectivity index (χ0) is 19.5. The van der Waals surface area contributed by atoms with Crippen LogP contribution in [0.1, 0.15) is 40.4 Å².